The minimum Gasteiger partial charge on any atom is -0.462 e. The molecule has 0 aromatic heterocycles. The van der Waals surface area contributed by atoms with Crippen LogP contribution in [0.4, 0.5) is 0 Å². The SMILES string of the molecule is CN1C(C)(C)CC(OC(=O)CCCCCCCCCC(=O)OC2CC(C)(C)NC(C)(C)C2)CC1(C)C. The molecule has 0 aromatic carbocycles. The second-order valence-corrected chi connectivity index (χ2v) is 14.1. The number of rotatable bonds is 12. The number of unbranched alkanes of at least 4 members (excludes halogenated alkanes) is 6. The first kappa shape index (κ1) is 31.1. The maximum Gasteiger partial charge on any atom is 0.306 e. The molecule has 210 valence electrons. The van der Waals surface area contributed by atoms with Crippen LogP contribution < -0.4 is 5.32 Å². The Morgan fingerprint density at radius 1 is 0.639 bits per heavy atom. The lowest BCUT2D eigenvalue weighted by Gasteiger charge is -2.53. The van der Waals surface area contributed by atoms with Gasteiger partial charge in [-0.25, -0.2) is 0 Å². The van der Waals surface area contributed by atoms with Crippen LogP contribution in [0.2, 0.25) is 0 Å². The van der Waals surface area contributed by atoms with Gasteiger partial charge < -0.3 is 14.8 Å². The van der Waals surface area contributed by atoms with Crippen molar-refractivity contribution in [2.75, 3.05) is 7.05 Å². The van der Waals surface area contributed by atoms with Gasteiger partial charge in [-0.15, -0.1) is 0 Å². The smallest absolute Gasteiger partial charge is 0.306 e. The molecule has 2 saturated heterocycles. The number of nitrogens with one attached hydrogen (secondary N) is 1. The molecule has 6 heteroatoms. The Labute approximate surface area is 221 Å². The predicted octanol–water partition coefficient (Wildman–Crippen LogP) is 6.54. The van der Waals surface area contributed by atoms with Crippen LogP contribution in [-0.4, -0.2) is 58.2 Å². The molecular formula is C30H56N2O4. The number of carbonyl (C=O) groups is 2. The van der Waals surface area contributed by atoms with Gasteiger partial charge in [0.2, 0.25) is 0 Å². The standard InChI is InChI=1S/C30H56N2O4/c1-27(2)19-23(20-28(3,4)31-27)35-25(33)17-15-13-11-10-12-14-16-18-26(34)36-24-21-29(5,6)32(9)30(7,8)22-24/h23-24,31H,10-22H2,1-9H3. The van der Waals surface area contributed by atoms with E-state index in [-0.39, 0.29) is 46.3 Å². The third kappa shape index (κ3) is 10.3. The quantitative estimate of drug-likeness (QED) is 0.238. The average Bonchev–Trinajstić information content (AvgIpc) is 2.67. The Morgan fingerprint density at radius 2 is 0.972 bits per heavy atom. The molecule has 6 nitrogen and oxygen atoms in total. The Morgan fingerprint density at radius 3 is 1.36 bits per heavy atom. The third-order valence-corrected chi connectivity index (χ3v) is 8.28. The van der Waals surface area contributed by atoms with Crippen molar-refractivity contribution >= 4 is 11.9 Å². The molecule has 0 bridgehead atoms. The van der Waals surface area contributed by atoms with Crippen LogP contribution in [0, 0.1) is 0 Å². The highest BCUT2D eigenvalue weighted by Gasteiger charge is 2.44. The number of hydrogen-bond acceptors (Lipinski definition) is 6. The summed E-state index contributed by atoms with van der Waals surface area (Å²) in [7, 11) is 2.17. The van der Waals surface area contributed by atoms with Crippen molar-refractivity contribution in [3.05, 3.63) is 0 Å². The van der Waals surface area contributed by atoms with E-state index in [2.05, 4.69) is 72.7 Å². The summed E-state index contributed by atoms with van der Waals surface area (Å²) in [4.78, 5) is 27.1. The molecule has 0 radical (unpaired) electrons. The lowest BCUT2D eigenvalue weighted by Crippen LogP contribution is -2.60. The van der Waals surface area contributed by atoms with E-state index in [0.717, 1.165) is 70.6 Å². The highest BCUT2D eigenvalue weighted by Crippen LogP contribution is 2.38. The van der Waals surface area contributed by atoms with Crippen LogP contribution >= 0.6 is 0 Å². The second-order valence-electron chi connectivity index (χ2n) is 14.1. The summed E-state index contributed by atoms with van der Waals surface area (Å²) in [6.07, 6.45) is 11.9. The summed E-state index contributed by atoms with van der Waals surface area (Å²) in [6.45, 7) is 17.6. The lowest BCUT2D eigenvalue weighted by atomic mass is 9.79. The van der Waals surface area contributed by atoms with Gasteiger partial charge in [0, 0.05) is 60.7 Å². The highest BCUT2D eigenvalue weighted by molar-refractivity contribution is 5.69. The van der Waals surface area contributed by atoms with E-state index in [1.165, 1.54) is 0 Å². The number of likely N-dealkylation sites (tertiary alicyclic amines) is 1. The van der Waals surface area contributed by atoms with Gasteiger partial charge in [-0.2, -0.15) is 0 Å². The van der Waals surface area contributed by atoms with Crippen LogP contribution in [0.15, 0.2) is 0 Å². The Balaban J connectivity index is 1.50. The Hall–Kier alpha value is -1.14. The molecule has 2 aliphatic heterocycles. The molecule has 36 heavy (non-hydrogen) atoms. The van der Waals surface area contributed by atoms with Crippen LogP contribution in [0.5, 0.6) is 0 Å². The van der Waals surface area contributed by atoms with Crippen molar-refractivity contribution in [1.29, 1.82) is 0 Å². The molecule has 1 N–H and O–H groups in total. The number of esters is 2. The van der Waals surface area contributed by atoms with Crippen LogP contribution in [0.25, 0.3) is 0 Å². The highest BCUT2D eigenvalue weighted by atomic mass is 16.5. The summed E-state index contributed by atoms with van der Waals surface area (Å²) in [5, 5.41) is 3.63. The largest absolute Gasteiger partial charge is 0.462 e. The molecule has 0 unspecified atom stereocenters. The van der Waals surface area contributed by atoms with E-state index >= 15 is 0 Å². The molecule has 2 heterocycles. The molecular weight excluding hydrogens is 452 g/mol. The fraction of sp³-hybridized carbons (Fsp3) is 0.933. The van der Waals surface area contributed by atoms with Gasteiger partial charge in [0.1, 0.15) is 12.2 Å². The molecule has 0 amide bonds. The number of nitrogens with zero attached hydrogens (tertiary/aromatic N) is 1. The number of piperidine rings is 2. The molecule has 0 atom stereocenters. The van der Waals surface area contributed by atoms with Gasteiger partial charge in [-0.3, -0.25) is 14.5 Å². The minimum atomic E-state index is -0.0524. The van der Waals surface area contributed by atoms with Gasteiger partial charge in [-0.1, -0.05) is 32.1 Å². The zero-order valence-electron chi connectivity index (χ0n) is 24.9. The first-order valence-corrected chi connectivity index (χ1v) is 14.4. The average molecular weight is 509 g/mol. The number of ether oxygens (including phenoxy) is 2. The first-order valence-electron chi connectivity index (χ1n) is 14.4. The summed E-state index contributed by atoms with van der Waals surface area (Å²) in [5.41, 5.74) is 0.0452. The summed E-state index contributed by atoms with van der Waals surface area (Å²) in [6, 6.07) is 0. The zero-order chi connectivity index (χ0) is 27.2. The van der Waals surface area contributed by atoms with Crippen molar-refractivity contribution < 1.29 is 19.1 Å². The number of carbonyl (C=O) groups excluding carboxylic acids is 2. The van der Waals surface area contributed by atoms with E-state index in [4.69, 9.17) is 9.47 Å². The summed E-state index contributed by atoms with van der Waals surface area (Å²) in [5.74, 6) is -0.0985. The topological polar surface area (TPSA) is 67.9 Å². The molecule has 2 aliphatic rings. The zero-order valence-corrected chi connectivity index (χ0v) is 24.9. The first-order chi connectivity index (χ1) is 16.5. The van der Waals surface area contributed by atoms with Gasteiger partial charge in [0.25, 0.3) is 0 Å². The maximum atomic E-state index is 12.4. The van der Waals surface area contributed by atoms with Crippen LogP contribution in [0.3, 0.4) is 0 Å². The summed E-state index contributed by atoms with van der Waals surface area (Å²) < 4.78 is 11.7. The predicted molar refractivity (Wildman–Crippen MR) is 147 cm³/mol. The third-order valence-electron chi connectivity index (χ3n) is 8.28. The molecule has 0 aliphatic carbocycles. The lowest BCUT2D eigenvalue weighted by molar-refractivity contribution is -0.159. The van der Waals surface area contributed by atoms with E-state index in [1.54, 1.807) is 0 Å². The normalized spacial score (nSPS) is 23.8. The van der Waals surface area contributed by atoms with Crippen molar-refractivity contribution in [3.8, 4) is 0 Å². The fourth-order valence-corrected chi connectivity index (χ4v) is 6.59. The monoisotopic (exact) mass is 508 g/mol. The Bertz CT molecular complexity index is 694. The molecule has 0 aromatic rings. The van der Waals surface area contributed by atoms with Crippen molar-refractivity contribution in [1.82, 2.24) is 10.2 Å². The van der Waals surface area contributed by atoms with Gasteiger partial charge >= 0.3 is 11.9 Å². The molecule has 2 fully saturated rings. The maximum absolute atomic E-state index is 12.4. The van der Waals surface area contributed by atoms with E-state index < -0.39 is 0 Å². The van der Waals surface area contributed by atoms with E-state index in [0.29, 0.717) is 12.8 Å². The van der Waals surface area contributed by atoms with Gasteiger partial charge in [-0.05, 0) is 75.3 Å². The molecule has 0 spiro atoms. The Kier molecular flexibility index (Phi) is 10.9. The molecule has 0 saturated carbocycles. The summed E-state index contributed by atoms with van der Waals surface area (Å²) >= 11 is 0. The van der Waals surface area contributed by atoms with Gasteiger partial charge in [0.05, 0.1) is 0 Å². The second kappa shape index (κ2) is 12.6. The minimum absolute atomic E-state index is 0.00729. The fourth-order valence-electron chi connectivity index (χ4n) is 6.59. The van der Waals surface area contributed by atoms with Crippen LogP contribution in [0.1, 0.15) is 139 Å². The number of hydrogen-bond donors (Lipinski definition) is 1. The van der Waals surface area contributed by atoms with Crippen molar-refractivity contribution in [3.63, 3.8) is 0 Å². The van der Waals surface area contributed by atoms with Crippen molar-refractivity contribution in [2.45, 2.75) is 173 Å². The van der Waals surface area contributed by atoms with Crippen LogP contribution in [-0.2, 0) is 19.1 Å². The van der Waals surface area contributed by atoms with Gasteiger partial charge in [0.15, 0.2) is 0 Å². The molecule has 2 rings (SSSR count). The van der Waals surface area contributed by atoms with E-state index in [1.807, 2.05) is 0 Å². The van der Waals surface area contributed by atoms with Crippen molar-refractivity contribution in [2.24, 2.45) is 0 Å². The van der Waals surface area contributed by atoms with E-state index in [9.17, 15) is 9.59 Å².